The molecule has 0 spiro atoms. The summed E-state index contributed by atoms with van der Waals surface area (Å²) in [5.41, 5.74) is 6.72. The van der Waals surface area contributed by atoms with Gasteiger partial charge in [-0.3, -0.25) is 15.6 Å². The van der Waals surface area contributed by atoms with Crippen molar-refractivity contribution in [2.24, 2.45) is 11.8 Å². The van der Waals surface area contributed by atoms with Crippen LogP contribution in [0.3, 0.4) is 0 Å². The average molecular weight is 366 g/mol. The lowest BCUT2D eigenvalue weighted by Crippen LogP contribution is -2.52. The molecule has 1 aliphatic rings. The van der Waals surface area contributed by atoms with E-state index in [9.17, 15) is 4.79 Å². The number of hydrogen-bond donors (Lipinski definition) is 3. The highest BCUT2D eigenvalue weighted by Crippen LogP contribution is 2.29. The van der Waals surface area contributed by atoms with Crippen LogP contribution < -0.4 is 16.2 Å². The van der Waals surface area contributed by atoms with Crippen molar-refractivity contribution < 1.29 is 4.79 Å². The predicted molar refractivity (Wildman–Crippen MR) is 106 cm³/mol. The van der Waals surface area contributed by atoms with Gasteiger partial charge < -0.3 is 5.32 Å². The number of nitrogens with one attached hydrogen (secondary N) is 3. The Labute approximate surface area is 154 Å². The summed E-state index contributed by atoms with van der Waals surface area (Å²) in [6.45, 7) is 4.56. The third-order valence-electron chi connectivity index (χ3n) is 4.68. The fourth-order valence-electron chi connectivity index (χ4n) is 2.99. The molecule has 1 saturated carbocycles. The van der Waals surface area contributed by atoms with Crippen molar-refractivity contribution in [3.8, 4) is 0 Å². The summed E-state index contributed by atoms with van der Waals surface area (Å²) in [4.78, 5) is 11.9. The van der Waals surface area contributed by atoms with Gasteiger partial charge in [-0.2, -0.15) is 0 Å². The van der Waals surface area contributed by atoms with Gasteiger partial charge in [0.2, 0.25) is 5.91 Å². The number of rotatable bonds is 5. The van der Waals surface area contributed by atoms with E-state index in [1.807, 2.05) is 18.2 Å². The van der Waals surface area contributed by atoms with Crippen LogP contribution in [0.15, 0.2) is 30.3 Å². The molecule has 1 aromatic rings. The lowest BCUT2D eigenvalue weighted by molar-refractivity contribution is -0.119. The Morgan fingerprint density at radius 1 is 1.21 bits per heavy atom. The number of thioether (sulfide) groups is 1. The Kier molecular flexibility index (Phi) is 7.85. The molecule has 0 bridgehead atoms. The van der Waals surface area contributed by atoms with Crippen LogP contribution in [-0.4, -0.2) is 22.8 Å². The number of carbonyl (C=O) groups is 1. The molecule has 0 radical (unpaired) electrons. The first-order chi connectivity index (χ1) is 11.6. The quantitative estimate of drug-likeness (QED) is 0.552. The first-order valence-electron chi connectivity index (χ1n) is 8.53. The maximum atomic E-state index is 11.9. The van der Waals surface area contributed by atoms with Crippen molar-refractivity contribution in [2.75, 3.05) is 5.75 Å². The van der Waals surface area contributed by atoms with E-state index in [-0.39, 0.29) is 5.91 Å². The zero-order chi connectivity index (χ0) is 17.4. The van der Waals surface area contributed by atoms with E-state index < -0.39 is 0 Å². The lowest BCUT2D eigenvalue weighted by atomic mass is 9.78. The Bertz CT molecular complexity index is 538. The van der Waals surface area contributed by atoms with E-state index in [4.69, 9.17) is 12.2 Å². The van der Waals surface area contributed by atoms with Crippen LogP contribution in [0.25, 0.3) is 0 Å². The summed E-state index contributed by atoms with van der Waals surface area (Å²) >= 11 is 6.88. The molecule has 0 saturated heterocycles. The number of hydrogen-bond acceptors (Lipinski definition) is 3. The van der Waals surface area contributed by atoms with Crippen LogP contribution >= 0.6 is 24.0 Å². The van der Waals surface area contributed by atoms with Gasteiger partial charge in [-0.15, -0.1) is 11.8 Å². The first-order valence-corrected chi connectivity index (χ1v) is 10.1. The van der Waals surface area contributed by atoms with Crippen molar-refractivity contribution in [3.05, 3.63) is 35.9 Å². The van der Waals surface area contributed by atoms with Crippen molar-refractivity contribution in [1.29, 1.82) is 0 Å². The molecule has 1 aliphatic carbocycles. The minimum atomic E-state index is -0.0647. The molecular formula is C18H27N3OS2. The van der Waals surface area contributed by atoms with Gasteiger partial charge in [-0.05, 0) is 36.0 Å². The molecule has 3 atom stereocenters. The Balaban J connectivity index is 1.61. The van der Waals surface area contributed by atoms with Crippen LogP contribution in [0.1, 0.15) is 38.7 Å². The molecule has 2 rings (SSSR count). The normalized spacial score (nSPS) is 23.3. The summed E-state index contributed by atoms with van der Waals surface area (Å²) in [5.74, 6) is 2.47. The topological polar surface area (TPSA) is 53.2 Å². The highest BCUT2D eigenvalue weighted by Gasteiger charge is 2.27. The molecule has 0 heterocycles. The lowest BCUT2D eigenvalue weighted by Gasteiger charge is -2.35. The van der Waals surface area contributed by atoms with Crippen LogP contribution in [0.4, 0.5) is 0 Å². The van der Waals surface area contributed by atoms with Crippen molar-refractivity contribution in [2.45, 2.75) is 44.9 Å². The monoisotopic (exact) mass is 365 g/mol. The molecule has 0 aliphatic heterocycles. The van der Waals surface area contributed by atoms with Gasteiger partial charge >= 0.3 is 0 Å². The minimum absolute atomic E-state index is 0.0647. The molecule has 0 unspecified atom stereocenters. The summed E-state index contributed by atoms with van der Waals surface area (Å²) in [6, 6.07) is 10.5. The molecule has 132 valence electrons. The summed E-state index contributed by atoms with van der Waals surface area (Å²) < 4.78 is 0. The molecule has 0 aromatic heterocycles. The Hall–Kier alpha value is -1.27. The Morgan fingerprint density at radius 2 is 1.96 bits per heavy atom. The van der Waals surface area contributed by atoms with Crippen molar-refractivity contribution in [1.82, 2.24) is 16.2 Å². The maximum Gasteiger partial charge on any atom is 0.248 e. The van der Waals surface area contributed by atoms with Gasteiger partial charge in [0.15, 0.2) is 5.11 Å². The van der Waals surface area contributed by atoms with Crippen LogP contribution in [0.2, 0.25) is 0 Å². The standard InChI is InChI=1S/C18H27N3OS2/c1-13-7-6-10-16(14(13)2)19-18(23)21-20-17(22)12-24-11-15-8-4-3-5-9-15/h3-5,8-9,13-14,16H,6-7,10-12H2,1-2H3,(H,20,22)(H2,19,21,23)/t13-,14+,16-/m0/s1. The second kappa shape index (κ2) is 9.89. The number of benzene rings is 1. The number of amides is 1. The third-order valence-corrected chi connectivity index (χ3v) is 5.91. The molecule has 6 heteroatoms. The molecule has 1 fully saturated rings. The van der Waals surface area contributed by atoms with Crippen LogP contribution in [-0.2, 0) is 10.5 Å². The van der Waals surface area contributed by atoms with E-state index >= 15 is 0 Å². The van der Waals surface area contributed by atoms with Crippen molar-refractivity contribution >= 4 is 35.0 Å². The van der Waals surface area contributed by atoms with Gasteiger partial charge in [0.1, 0.15) is 0 Å². The van der Waals surface area contributed by atoms with Gasteiger partial charge in [-0.1, -0.05) is 57.0 Å². The van der Waals surface area contributed by atoms with Crippen molar-refractivity contribution in [3.63, 3.8) is 0 Å². The largest absolute Gasteiger partial charge is 0.358 e. The van der Waals surface area contributed by atoms with E-state index in [1.54, 1.807) is 11.8 Å². The molecule has 4 nitrogen and oxygen atoms in total. The highest BCUT2D eigenvalue weighted by atomic mass is 32.2. The SMILES string of the molecule is C[C@H]1[C@@H](NC(=S)NNC(=O)CSCc2ccccc2)CCC[C@@H]1C. The van der Waals surface area contributed by atoms with E-state index in [0.29, 0.717) is 28.7 Å². The van der Waals surface area contributed by atoms with E-state index in [2.05, 4.69) is 42.1 Å². The zero-order valence-electron chi connectivity index (χ0n) is 14.4. The smallest absolute Gasteiger partial charge is 0.248 e. The van der Waals surface area contributed by atoms with Crippen LogP contribution in [0, 0.1) is 11.8 Å². The number of carbonyl (C=O) groups excluding carboxylic acids is 1. The third kappa shape index (κ3) is 6.32. The zero-order valence-corrected chi connectivity index (χ0v) is 16.0. The molecular weight excluding hydrogens is 338 g/mol. The molecule has 1 aromatic carbocycles. The fraction of sp³-hybridized carbons (Fsp3) is 0.556. The predicted octanol–water partition coefficient (Wildman–Crippen LogP) is 3.24. The van der Waals surface area contributed by atoms with E-state index in [1.165, 1.54) is 18.4 Å². The van der Waals surface area contributed by atoms with Gasteiger partial charge in [-0.25, -0.2) is 0 Å². The Morgan fingerprint density at radius 3 is 2.71 bits per heavy atom. The summed E-state index contributed by atoms with van der Waals surface area (Å²) in [6.07, 6.45) is 3.65. The summed E-state index contributed by atoms with van der Waals surface area (Å²) in [5, 5.41) is 3.84. The van der Waals surface area contributed by atoms with Gasteiger partial charge in [0, 0.05) is 11.8 Å². The fourth-order valence-corrected chi connectivity index (χ4v) is 3.98. The molecule has 3 N–H and O–H groups in total. The molecule has 1 amide bonds. The maximum absolute atomic E-state index is 11.9. The highest BCUT2D eigenvalue weighted by molar-refractivity contribution is 7.99. The average Bonchev–Trinajstić information content (AvgIpc) is 2.58. The second-order valence-electron chi connectivity index (χ2n) is 6.50. The van der Waals surface area contributed by atoms with E-state index in [0.717, 1.165) is 12.2 Å². The molecule has 24 heavy (non-hydrogen) atoms. The minimum Gasteiger partial charge on any atom is -0.358 e. The summed E-state index contributed by atoms with van der Waals surface area (Å²) in [7, 11) is 0. The van der Waals surface area contributed by atoms with Crippen LogP contribution in [0.5, 0.6) is 0 Å². The van der Waals surface area contributed by atoms with Gasteiger partial charge in [0.05, 0.1) is 5.75 Å². The first kappa shape index (κ1) is 19.1. The number of thiocarbonyl (C=S) groups is 1. The van der Waals surface area contributed by atoms with Gasteiger partial charge in [0.25, 0.3) is 0 Å². The second-order valence-corrected chi connectivity index (χ2v) is 7.89. The number of hydrazine groups is 1.